The Bertz CT molecular complexity index is 1430. The van der Waals surface area contributed by atoms with Crippen LogP contribution in [0.4, 0.5) is 5.69 Å². The van der Waals surface area contributed by atoms with E-state index >= 15 is 0 Å². The van der Waals surface area contributed by atoms with Gasteiger partial charge in [0.1, 0.15) is 12.6 Å². The van der Waals surface area contributed by atoms with Crippen molar-refractivity contribution >= 4 is 39.1 Å². The lowest BCUT2D eigenvalue weighted by Gasteiger charge is -2.33. The standard InChI is InChI=1S/C31H36ClN3O4S/c1-23-13-9-10-14-25(23)21-34(24(2)31(37)33-26-15-5-3-6-16-26)30(36)22-35(29-20-12-11-19-28(29)32)40(38,39)27-17-7-4-8-18-27/h4,7-14,17-20,24,26H,3,5-6,15-16,21-22H2,1-2H3,(H,33,37). The van der Waals surface area contributed by atoms with Gasteiger partial charge in [0, 0.05) is 12.6 Å². The first-order chi connectivity index (χ1) is 19.2. The molecule has 0 radical (unpaired) electrons. The minimum absolute atomic E-state index is 0.0382. The zero-order valence-electron chi connectivity index (χ0n) is 22.9. The van der Waals surface area contributed by atoms with Crippen LogP contribution in [0.5, 0.6) is 0 Å². The summed E-state index contributed by atoms with van der Waals surface area (Å²) in [5.41, 5.74) is 2.04. The molecule has 3 aromatic carbocycles. The Balaban J connectivity index is 1.68. The maximum atomic E-state index is 14.1. The molecule has 0 spiro atoms. The maximum Gasteiger partial charge on any atom is 0.264 e. The summed E-state index contributed by atoms with van der Waals surface area (Å²) < 4.78 is 28.7. The van der Waals surface area contributed by atoms with Crippen LogP contribution in [0.3, 0.4) is 0 Å². The van der Waals surface area contributed by atoms with Gasteiger partial charge in [-0.05, 0) is 62.1 Å². The number of nitrogens with zero attached hydrogens (tertiary/aromatic N) is 2. The van der Waals surface area contributed by atoms with E-state index in [9.17, 15) is 18.0 Å². The van der Waals surface area contributed by atoms with Crippen molar-refractivity contribution in [1.82, 2.24) is 10.2 Å². The first-order valence-electron chi connectivity index (χ1n) is 13.6. The number of halogens is 1. The number of carbonyl (C=O) groups excluding carboxylic acids is 2. The van der Waals surface area contributed by atoms with E-state index < -0.39 is 28.5 Å². The second kappa shape index (κ2) is 13.3. The number of hydrogen-bond acceptors (Lipinski definition) is 4. The molecule has 1 saturated carbocycles. The summed E-state index contributed by atoms with van der Waals surface area (Å²) >= 11 is 6.45. The van der Waals surface area contributed by atoms with Gasteiger partial charge in [-0.15, -0.1) is 0 Å². The summed E-state index contributed by atoms with van der Waals surface area (Å²) in [5, 5.41) is 3.32. The van der Waals surface area contributed by atoms with Crippen LogP contribution in [0.1, 0.15) is 50.2 Å². The Kier molecular flexibility index (Phi) is 9.87. The number of aryl methyl sites for hydroxylation is 1. The van der Waals surface area contributed by atoms with Gasteiger partial charge in [-0.2, -0.15) is 0 Å². The van der Waals surface area contributed by atoms with Crippen LogP contribution in [-0.2, 0) is 26.2 Å². The molecule has 0 aromatic heterocycles. The van der Waals surface area contributed by atoms with Crippen molar-refractivity contribution in [3.8, 4) is 0 Å². The number of anilines is 1. The molecule has 3 aromatic rings. The van der Waals surface area contributed by atoms with Crippen LogP contribution in [0.15, 0.2) is 83.8 Å². The van der Waals surface area contributed by atoms with E-state index in [0.717, 1.165) is 47.5 Å². The molecule has 1 unspecified atom stereocenters. The highest BCUT2D eigenvalue weighted by atomic mass is 35.5. The normalized spacial score (nSPS) is 14.8. The Labute approximate surface area is 242 Å². The summed E-state index contributed by atoms with van der Waals surface area (Å²) in [7, 11) is -4.15. The SMILES string of the molecule is Cc1ccccc1CN(C(=O)CN(c1ccccc1Cl)S(=O)(=O)c1ccccc1)C(C)C(=O)NC1CCCCC1. The highest BCUT2D eigenvalue weighted by Crippen LogP contribution is 2.31. The molecule has 2 amide bonds. The molecular weight excluding hydrogens is 546 g/mol. The lowest BCUT2D eigenvalue weighted by molar-refractivity contribution is -0.139. The number of hydrogen-bond donors (Lipinski definition) is 1. The molecule has 0 saturated heterocycles. The Morgan fingerprint density at radius 2 is 1.55 bits per heavy atom. The Morgan fingerprint density at radius 3 is 2.23 bits per heavy atom. The molecule has 40 heavy (non-hydrogen) atoms. The minimum atomic E-state index is -4.15. The molecule has 1 atom stereocenters. The third kappa shape index (κ3) is 7.04. The molecule has 1 N–H and O–H groups in total. The van der Waals surface area contributed by atoms with Crippen LogP contribution in [-0.4, -0.2) is 43.8 Å². The largest absolute Gasteiger partial charge is 0.352 e. The molecule has 0 heterocycles. The van der Waals surface area contributed by atoms with E-state index in [-0.39, 0.29) is 34.1 Å². The van der Waals surface area contributed by atoms with E-state index in [2.05, 4.69) is 5.32 Å². The van der Waals surface area contributed by atoms with Crippen LogP contribution >= 0.6 is 11.6 Å². The average Bonchev–Trinajstić information content (AvgIpc) is 2.96. The van der Waals surface area contributed by atoms with Crippen LogP contribution in [0, 0.1) is 6.92 Å². The van der Waals surface area contributed by atoms with Gasteiger partial charge in [-0.3, -0.25) is 13.9 Å². The maximum absolute atomic E-state index is 14.1. The predicted octanol–water partition coefficient (Wildman–Crippen LogP) is 5.71. The molecule has 1 fully saturated rings. The lowest BCUT2D eigenvalue weighted by Crippen LogP contribution is -2.53. The number of sulfonamides is 1. The van der Waals surface area contributed by atoms with Gasteiger partial charge in [0.2, 0.25) is 11.8 Å². The van der Waals surface area contributed by atoms with Gasteiger partial charge in [-0.1, -0.05) is 85.5 Å². The van der Waals surface area contributed by atoms with Crippen molar-refractivity contribution in [2.45, 2.75) is 69.5 Å². The van der Waals surface area contributed by atoms with E-state index in [1.807, 2.05) is 31.2 Å². The fourth-order valence-electron chi connectivity index (χ4n) is 5.01. The molecule has 212 valence electrons. The monoisotopic (exact) mass is 581 g/mol. The van der Waals surface area contributed by atoms with Crippen LogP contribution < -0.4 is 9.62 Å². The zero-order valence-corrected chi connectivity index (χ0v) is 24.5. The predicted molar refractivity (Wildman–Crippen MR) is 159 cm³/mol. The van der Waals surface area contributed by atoms with Gasteiger partial charge in [0.15, 0.2) is 0 Å². The lowest BCUT2D eigenvalue weighted by atomic mass is 9.95. The number of para-hydroxylation sites is 1. The summed E-state index contributed by atoms with van der Waals surface area (Å²) in [4.78, 5) is 29.0. The molecular formula is C31H36ClN3O4S. The average molecular weight is 582 g/mol. The quantitative estimate of drug-likeness (QED) is 0.332. The van der Waals surface area contributed by atoms with E-state index in [1.54, 1.807) is 49.4 Å². The summed E-state index contributed by atoms with van der Waals surface area (Å²) in [6.07, 6.45) is 5.12. The smallest absolute Gasteiger partial charge is 0.264 e. The van der Waals surface area contributed by atoms with Gasteiger partial charge in [0.25, 0.3) is 10.0 Å². The zero-order chi connectivity index (χ0) is 28.7. The highest BCUT2D eigenvalue weighted by Gasteiger charge is 2.34. The summed E-state index contributed by atoms with van der Waals surface area (Å²) in [5.74, 6) is -0.752. The second-order valence-electron chi connectivity index (χ2n) is 10.2. The van der Waals surface area contributed by atoms with Crippen molar-refractivity contribution in [3.63, 3.8) is 0 Å². The van der Waals surface area contributed by atoms with Crippen molar-refractivity contribution < 1.29 is 18.0 Å². The van der Waals surface area contributed by atoms with Crippen molar-refractivity contribution in [2.24, 2.45) is 0 Å². The molecule has 4 rings (SSSR count). The number of nitrogens with one attached hydrogen (secondary N) is 1. The van der Waals surface area contributed by atoms with Gasteiger partial charge in [-0.25, -0.2) is 8.42 Å². The topological polar surface area (TPSA) is 86.8 Å². The Hall–Kier alpha value is -3.36. The molecule has 7 nitrogen and oxygen atoms in total. The Morgan fingerprint density at radius 1 is 0.925 bits per heavy atom. The first-order valence-corrected chi connectivity index (χ1v) is 15.5. The fourth-order valence-corrected chi connectivity index (χ4v) is 6.75. The third-order valence-corrected chi connectivity index (χ3v) is 9.55. The fraction of sp³-hybridized carbons (Fsp3) is 0.355. The summed E-state index contributed by atoms with van der Waals surface area (Å²) in [6, 6.07) is 21.4. The molecule has 0 bridgehead atoms. The second-order valence-corrected chi connectivity index (χ2v) is 12.5. The minimum Gasteiger partial charge on any atom is -0.352 e. The van der Waals surface area contributed by atoms with Crippen molar-refractivity contribution in [1.29, 1.82) is 0 Å². The van der Waals surface area contributed by atoms with Gasteiger partial charge >= 0.3 is 0 Å². The van der Waals surface area contributed by atoms with Gasteiger partial charge < -0.3 is 10.2 Å². The van der Waals surface area contributed by atoms with E-state index in [4.69, 9.17) is 11.6 Å². The first kappa shape index (κ1) is 29.6. The van der Waals surface area contributed by atoms with Crippen LogP contribution in [0.25, 0.3) is 0 Å². The van der Waals surface area contributed by atoms with E-state index in [0.29, 0.717) is 0 Å². The number of rotatable bonds is 10. The third-order valence-electron chi connectivity index (χ3n) is 7.45. The van der Waals surface area contributed by atoms with Crippen molar-refractivity contribution in [3.05, 3.63) is 95.0 Å². The molecule has 1 aliphatic rings. The summed E-state index contributed by atoms with van der Waals surface area (Å²) in [6.45, 7) is 3.28. The molecule has 0 aliphatic heterocycles. The van der Waals surface area contributed by atoms with E-state index in [1.165, 1.54) is 17.0 Å². The molecule has 1 aliphatic carbocycles. The number of benzene rings is 3. The number of carbonyl (C=O) groups is 2. The highest BCUT2D eigenvalue weighted by molar-refractivity contribution is 7.92. The van der Waals surface area contributed by atoms with Crippen molar-refractivity contribution in [2.75, 3.05) is 10.8 Å². The van der Waals surface area contributed by atoms with Crippen LogP contribution in [0.2, 0.25) is 5.02 Å². The molecule has 9 heteroatoms. The van der Waals surface area contributed by atoms with Gasteiger partial charge in [0.05, 0.1) is 15.6 Å². The number of amides is 2.